The topological polar surface area (TPSA) is 355 Å². The number of ketones is 2. The molecular formula is C66H105N11O12S2. The summed E-state index contributed by atoms with van der Waals surface area (Å²) in [4.78, 5) is 97.3. The molecule has 3 rings (SSSR count). The molecule has 0 spiro atoms. The number of alkyl carbamates (subject to hydrolysis) is 1. The highest BCUT2D eigenvalue weighted by Crippen LogP contribution is 2.48. The molecule has 0 aliphatic carbocycles. The molecule has 4 atom stereocenters. The van der Waals surface area contributed by atoms with E-state index in [1.165, 1.54) is 11.8 Å². The Bertz CT molecular complexity index is 2500. The molecule has 0 saturated carbocycles. The number of guanidine groups is 1. The fourth-order valence-corrected chi connectivity index (χ4v) is 10.6. The van der Waals surface area contributed by atoms with Crippen LogP contribution in [0, 0.1) is 0 Å². The molecule has 0 aliphatic rings. The molecule has 0 fully saturated rings. The minimum absolute atomic E-state index is 0.00856. The number of thioether (sulfide) groups is 1. The third-order valence-electron chi connectivity index (χ3n) is 13.5. The normalized spacial score (nSPS) is 12.8. The molecule has 0 heterocycles. The van der Waals surface area contributed by atoms with Crippen LogP contribution in [0.1, 0.15) is 142 Å². The van der Waals surface area contributed by atoms with Crippen molar-refractivity contribution in [2.24, 2.45) is 32.9 Å². The zero-order valence-electron chi connectivity index (χ0n) is 54.5. The molecule has 3 aromatic rings. The quantitative estimate of drug-likeness (QED) is 0.0102. The number of nitrogens with zero attached hydrogens (tertiary/aromatic N) is 2. The molecule has 5 amide bonds. The lowest BCUT2D eigenvalue weighted by molar-refractivity contribution is -0.129. The van der Waals surface area contributed by atoms with Crippen molar-refractivity contribution in [1.82, 2.24) is 26.6 Å². The van der Waals surface area contributed by atoms with Gasteiger partial charge in [0.1, 0.15) is 11.6 Å². The van der Waals surface area contributed by atoms with Crippen molar-refractivity contribution in [3.05, 3.63) is 108 Å². The summed E-state index contributed by atoms with van der Waals surface area (Å²) in [6.07, 6.45) is 5.70. The Balaban J connectivity index is 0.000000746. The second kappa shape index (κ2) is 48.2. The van der Waals surface area contributed by atoms with Gasteiger partial charge in [0.2, 0.25) is 23.6 Å². The van der Waals surface area contributed by atoms with Crippen LogP contribution in [0.3, 0.4) is 0 Å². The van der Waals surface area contributed by atoms with Gasteiger partial charge in [-0.25, -0.2) is 4.79 Å². The number of aliphatic imine (C=N–C) groups is 2. The molecule has 0 saturated heterocycles. The first kappa shape index (κ1) is 80.5. The number of amidine groups is 1. The molecule has 23 nitrogen and oxygen atoms in total. The maximum absolute atomic E-state index is 14.4. The average molecular weight is 1310 g/mol. The summed E-state index contributed by atoms with van der Waals surface area (Å²) in [7, 11) is 0. The van der Waals surface area contributed by atoms with Crippen LogP contribution >= 0.6 is 24.4 Å². The summed E-state index contributed by atoms with van der Waals surface area (Å²) in [6, 6.07) is 26.9. The number of Topliss-reactive ketones (excluding diaryl/α,β-unsaturated/α-hetero) is 2. The minimum Gasteiger partial charge on any atom is -0.444 e. The predicted molar refractivity (Wildman–Crippen MR) is 364 cm³/mol. The van der Waals surface area contributed by atoms with E-state index in [4.69, 9.17) is 46.6 Å². The Morgan fingerprint density at radius 2 is 0.956 bits per heavy atom. The molecule has 13 N–H and O–H groups in total. The number of hydrogen-bond donors (Lipinski definition) is 10. The maximum Gasteiger partial charge on any atom is 0.408 e. The maximum atomic E-state index is 14.4. The van der Waals surface area contributed by atoms with E-state index in [0.29, 0.717) is 143 Å². The fourth-order valence-electron chi connectivity index (χ4n) is 8.85. The number of carbonyl (C=O) groups excluding carboxylic acids is 7. The van der Waals surface area contributed by atoms with Gasteiger partial charge in [0.25, 0.3) is 0 Å². The third-order valence-corrected chi connectivity index (χ3v) is 15.5. The van der Waals surface area contributed by atoms with Crippen molar-refractivity contribution in [2.45, 2.75) is 160 Å². The van der Waals surface area contributed by atoms with Crippen molar-refractivity contribution in [3.63, 3.8) is 0 Å². The van der Waals surface area contributed by atoms with Crippen LogP contribution in [0.25, 0.3) is 0 Å². The van der Waals surface area contributed by atoms with Crippen LogP contribution in [0.5, 0.6) is 0 Å². The van der Waals surface area contributed by atoms with E-state index in [2.05, 4.69) is 85.6 Å². The molecule has 0 bridgehead atoms. The van der Waals surface area contributed by atoms with Crippen LogP contribution in [-0.2, 0) is 57.2 Å². The smallest absolute Gasteiger partial charge is 0.408 e. The lowest BCUT2D eigenvalue weighted by Crippen LogP contribution is -2.53. The van der Waals surface area contributed by atoms with Crippen molar-refractivity contribution in [1.29, 1.82) is 0 Å². The van der Waals surface area contributed by atoms with E-state index in [9.17, 15) is 33.6 Å². The number of thiol groups is 1. The van der Waals surface area contributed by atoms with E-state index < -0.39 is 52.4 Å². The van der Waals surface area contributed by atoms with Crippen molar-refractivity contribution >= 4 is 77.5 Å². The standard InChI is InChI=1S/C46H65N5O7S.C20H40N6O5S/c1-6-19-42(53)49-29-31-57-33-32-56-30-18-27-40(52)38(26-17-28-48-41(47)7-2)50-43(54)39(51-44(55)58-45(3,4)5)34-59-46(35-20-11-8-12-21-35,36-22-13-9-14-23-36)37-24-15-10-16-25-37;1-2-5-18(28)24-9-11-31-13-12-30-10-4-7-17(27)16(6-3-8-25-20(22)23)26-19(29)15(21)14-32/h8-16,20-25,38-39H,6-7,17-19,26-34H2,1-5H3,(H2,47,48)(H,49,53)(H,50,54)(H,51,55);15-16,32H,2-14,21H2,1H3,(H,24,28)(H,26,29)(H4,22,23,25)/t38-,39-;15-,16-/m00/s1. The van der Waals surface area contributed by atoms with Crippen LogP contribution in [-0.4, -0.2) is 173 Å². The number of amides is 5. The average Bonchev–Trinajstić information content (AvgIpc) is 0.913. The molecular weight excluding hydrogens is 1200 g/mol. The number of carbonyl (C=O) groups is 7. The highest BCUT2D eigenvalue weighted by atomic mass is 32.2. The van der Waals surface area contributed by atoms with Gasteiger partial charge in [0, 0.05) is 83.0 Å². The highest BCUT2D eigenvalue weighted by molar-refractivity contribution is 8.00. The predicted octanol–water partition coefficient (Wildman–Crippen LogP) is 6.02. The first-order valence-electron chi connectivity index (χ1n) is 31.7. The van der Waals surface area contributed by atoms with Crippen LogP contribution in [0.4, 0.5) is 4.79 Å². The van der Waals surface area contributed by atoms with Gasteiger partial charge in [0.05, 0.1) is 68.3 Å². The Labute approximate surface area is 549 Å². The van der Waals surface area contributed by atoms with E-state index in [1.807, 2.05) is 75.4 Å². The molecule has 0 unspecified atom stereocenters. The van der Waals surface area contributed by atoms with E-state index in [-0.39, 0.29) is 53.7 Å². The summed E-state index contributed by atoms with van der Waals surface area (Å²) in [5, 5.41) is 14.1. The van der Waals surface area contributed by atoms with Gasteiger partial charge in [-0.3, -0.25) is 38.8 Å². The second-order valence-electron chi connectivity index (χ2n) is 22.3. The molecule has 25 heteroatoms. The summed E-state index contributed by atoms with van der Waals surface area (Å²) in [5.41, 5.74) is 24.4. The van der Waals surface area contributed by atoms with E-state index >= 15 is 0 Å². The Morgan fingerprint density at radius 1 is 0.538 bits per heavy atom. The van der Waals surface area contributed by atoms with Gasteiger partial charge in [-0.15, -0.1) is 11.8 Å². The number of rotatable bonds is 47. The molecule has 0 aromatic heterocycles. The molecule has 0 aliphatic heterocycles. The van der Waals surface area contributed by atoms with E-state index in [1.54, 1.807) is 20.8 Å². The molecule has 3 aromatic carbocycles. The fraction of sp³-hybridized carbons (Fsp3) is 0.591. The van der Waals surface area contributed by atoms with Crippen molar-refractivity contribution in [2.75, 3.05) is 90.5 Å². The zero-order chi connectivity index (χ0) is 67.1. The lowest BCUT2D eigenvalue weighted by atomic mass is 9.84. The molecule has 0 radical (unpaired) electrons. The Kier molecular flexibility index (Phi) is 42.6. The largest absolute Gasteiger partial charge is 0.444 e. The Hall–Kier alpha value is -6.61. The van der Waals surface area contributed by atoms with Gasteiger partial charge in [0.15, 0.2) is 17.5 Å². The van der Waals surface area contributed by atoms with Gasteiger partial charge < -0.3 is 73.2 Å². The summed E-state index contributed by atoms with van der Waals surface area (Å²) >= 11 is 5.53. The summed E-state index contributed by atoms with van der Waals surface area (Å²) in [5.74, 6) is -0.302. The van der Waals surface area contributed by atoms with Crippen LogP contribution in [0.2, 0.25) is 0 Å². The number of hydrogen-bond acceptors (Lipinski definition) is 17. The second-order valence-corrected chi connectivity index (χ2v) is 23.9. The van der Waals surface area contributed by atoms with Gasteiger partial charge in [-0.1, -0.05) is 112 Å². The first-order chi connectivity index (χ1) is 43.7. The number of ether oxygens (including phenoxy) is 5. The minimum atomic E-state index is -1.07. The zero-order valence-corrected chi connectivity index (χ0v) is 56.2. The van der Waals surface area contributed by atoms with Gasteiger partial charge in [-0.2, -0.15) is 12.6 Å². The van der Waals surface area contributed by atoms with Crippen LogP contribution in [0.15, 0.2) is 101 Å². The van der Waals surface area contributed by atoms with Crippen molar-refractivity contribution < 1.29 is 57.2 Å². The Morgan fingerprint density at radius 3 is 1.35 bits per heavy atom. The summed E-state index contributed by atoms with van der Waals surface area (Å²) < 4.78 is 26.9. The summed E-state index contributed by atoms with van der Waals surface area (Å²) in [6.45, 7) is 15.9. The SMILES string of the molecule is CCCC(=O)NCCOCCOCCCC(=O)[C@H](CCCN=C(N)CC)NC(=O)[C@H](CSC(c1ccccc1)(c1ccccc1)c1ccccc1)NC(=O)OC(C)(C)C.CCCC(=O)NCCOCCOCCCC(=O)[C@H](CCCN=C(N)N)NC(=O)[C@@H](N)CS. The van der Waals surface area contributed by atoms with Gasteiger partial charge >= 0.3 is 6.09 Å². The monoisotopic (exact) mass is 1310 g/mol. The lowest BCUT2D eigenvalue weighted by Gasteiger charge is -2.36. The van der Waals surface area contributed by atoms with Crippen LogP contribution < -0.4 is 49.5 Å². The van der Waals surface area contributed by atoms with Gasteiger partial charge in [-0.05, 0) is 88.8 Å². The number of nitrogens with one attached hydrogen (secondary N) is 5. The number of nitrogens with two attached hydrogens (primary N) is 4. The van der Waals surface area contributed by atoms with Crippen molar-refractivity contribution in [3.8, 4) is 0 Å². The molecule has 508 valence electrons. The molecule has 91 heavy (non-hydrogen) atoms. The van der Waals surface area contributed by atoms with E-state index in [0.717, 1.165) is 29.5 Å². The third kappa shape index (κ3) is 35.7. The highest BCUT2D eigenvalue weighted by Gasteiger charge is 2.39. The number of benzene rings is 3. The first-order valence-corrected chi connectivity index (χ1v) is 33.3.